The minimum Gasteiger partial charge on any atom is -0.355 e. The Bertz CT molecular complexity index is 428. The molecule has 20 heavy (non-hydrogen) atoms. The molecule has 1 rings (SSSR count). The smallest absolute Gasteiger partial charge is 0.193 e. The van der Waals surface area contributed by atoms with E-state index in [1.807, 2.05) is 7.05 Å². The first-order valence-corrected chi connectivity index (χ1v) is 7.23. The molecule has 0 radical (unpaired) electrons. The first kappa shape index (κ1) is 16.5. The van der Waals surface area contributed by atoms with E-state index in [0.717, 1.165) is 32.1 Å². The van der Waals surface area contributed by atoms with Crippen molar-refractivity contribution >= 4 is 5.96 Å². The molecule has 0 fully saturated rings. The molecule has 0 saturated heterocycles. The number of aryl methyl sites for hydroxylation is 1. The fourth-order valence-electron chi connectivity index (χ4n) is 2.02. The van der Waals surface area contributed by atoms with Crippen molar-refractivity contribution in [3.8, 4) is 0 Å². The van der Waals surface area contributed by atoms with Crippen molar-refractivity contribution in [2.75, 3.05) is 40.8 Å². The number of hydrogen-bond acceptors (Lipinski definition) is 2. The summed E-state index contributed by atoms with van der Waals surface area (Å²) < 4.78 is 0. The molecule has 0 aliphatic rings. The van der Waals surface area contributed by atoms with Crippen LogP contribution in [-0.2, 0) is 6.54 Å². The molecule has 1 aromatic rings. The quantitative estimate of drug-likeness (QED) is 0.636. The van der Waals surface area contributed by atoms with Crippen molar-refractivity contribution in [1.82, 2.24) is 15.1 Å². The van der Waals surface area contributed by atoms with E-state index in [1.54, 1.807) is 0 Å². The van der Waals surface area contributed by atoms with E-state index in [9.17, 15) is 0 Å². The third-order valence-corrected chi connectivity index (χ3v) is 3.56. The summed E-state index contributed by atoms with van der Waals surface area (Å²) >= 11 is 0. The second-order valence-electron chi connectivity index (χ2n) is 5.15. The molecule has 1 N–H and O–H groups in total. The average Bonchev–Trinajstić information content (AvgIpc) is 2.45. The first-order chi connectivity index (χ1) is 9.58. The molecular formula is C16H28N4. The molecule has 0 bridgehead atoms. The summed E-state index contributed by atoms with van der Waals surface area (Å²) in [5.41, 5.74) is 2.66. The Labute approximate surface area is 123 Å². The van der Waals surface area contributed by atoms with Gasteiger partial charge in [0, 0.05) is 33.7 Å². The van der Waals surface area contributed by atoms with Gasteiger partial charge in [-0.05, 0) is 31.6 Å². The Morgan fingerprint density at radius 2 is 1.95 bits per heavy atom. The largest absolute Gasteiger partial charge is 0.355 e. The summed E-state index contributed by atoms with van der Waals surface area (Å²) in [7, 11) is 6.03. The highest BCUT2D eigenvalue weighted by Gasteiger charge is 2.07. The van der Waals surface area contributed by atoms with Crippen LogP contribution in [0.3, 0.4) is 0 Å². The van der Waals surface area contributed by atoms with Crippen LogP contribution in [-0.4, -0.2) is 56.5 Å². The van der Waals surface area contributed by atoms with Crippen molar-refractivity contribution in [2.24, 2.45) is 4.99 Å². The maximum atomic E-state index is 4.35. The molecular weight excluding hydrogens is 248 g/mol. The number of nitrogens with zero attached hydrogens (tertiary/aromatic N) is 3. The van der Waals surface area contributed by atoms with Crippen LogP contribution < -0.4 is 5.32 Å². The maximum absolute atomic E-state index is 4.35. The van der Waals surface area contributed by atoms with E-state index in [0.29, 0.717) is 0 Å². The normalized spacial score (nSPS) is 11.8. The van der Waals surface area contributed by atoms with Crippen LogP contribution in [0.4, 0.5) is 0 Å². The SMILES string of the molecule is CCN(C)CCNC(=NC)N(C)Cc1ccccc1C. The van der Waals surface area contributed by atoms with Crippen molar-refractivity contribution < 1.29 is 0 Å². The van der Waals surface area contributed by atoms with Crippen LogP contribution in [0.1, 0.15) is 18.1 Å². The maximum Gasteiger partial charge on any atom is 0.193 e. The van der Waals surface area contributed by atoms with Gasteiger partial charge in [-0.3, -0.25) is 4.99 Å². The summed E-state index contributed by atoms with van der Waals surface area (Å²) in [5.74, 6) is 0.942. The zero-order chi connectivity index (χ0) is 15.0. The molecule has 4 heteroatoms. The molecule has 0 amide bonds. The van der Waals surface area contributed by atoms with Crippen LogP contribution in [0.5, 0.6) is 0 Å². The van der Waals surface area contributed by atoms with Crippen molar-refractivity contribution in [3.05, 3.63) is 35.4 Å². The summed E-state index contributed by atoms with van der Waals surface area (Å²) in [6, 6.07) is 8.48. The lowest BCUT2D eigenvalue weighted by molar-refractivity contribution is 0.353. The van der Waals surface area contributed by atoms with Gasteiger partial charge in [-0.2, -0.15) is 0 Å². The molecule has 112 valence electrons. The lowest BCUT2D eigenvalue weighted by atomic mass is 10.1. The molecule has 0 saturated carbocycles. The Balaban J connectivity index is 2.51. The van der Waals surface area contributed by atoms with Gasteiger partial charge in [0.25, 0.3) is 0 Å². The highest BCUT2D eigenvalue weighted by Crippen LogP contribution is 2.09. The predicted octanol–water partition coefficient (Wildman–Crippen LogP) is 1.95. The molecule has 0 heterocycles. The highest BCUT2D eigenvalue weighted by molar-refractivity contribution is 5.79. The van der Waals surface area contributed by atoms with Gasteiger partial charge in [-0.1, -0.05) is 31.2 Å². The van der Waals surface area contributed by atoms with Crippen LogP contribution in [0, 0.1) is 6.92 Å². The average molecular weight is 276 g/mol. The van der Waals surface area contributed by atoms with E-state index in [4.69, 9.17) is 0 Å². The lowest BCUT2D eigenvalue weighted by Crippen LogP contribution is -2.41. The van der Waals surface area contributed by atoms with Gasteiger partial charge in [-0.25, -0.2) is 0 Å². The van der Waals surface area contributed by atoms with E-state index in [2.05, 4.69) is 72.3 Å². The van der Waals surface area contributed by atoms with Gasteiger partial charge >= 0.3 is 0 Å². The zero-order valence-electron chi connectivity index (χ0n) is 13.5. The van der Waals surface area contributed by atoms with Gasteiger partial charge in [-0.15, -0.1) is 0 Å². The third kappa shape index (κ3) is 5.21. The molecule has 0 unspecified atom stereocenters. The first-order valence-electron chi connectivity index (χ1n) is 7.23. The monoisotopic (exact) mass is 276 g/mol. The second-order valence-corrected chi connectivity index (χ2v) is 5.15. The Hall–Kier alpha value is -1.55. The number of nitrogens with one attached hydrogen (secondary N) is 1. The standard InChI is InChI=1S/C16H28N4/c1-6-19(4)12-11-18-16(17-3)20(5)13-15-10-8-7-9-14(15)2/h7-10H,6,11-13H2,1-5H3,(H,17,18). The van der Waals surface area contributed by atoms with Gasteiger partial charge in [0.1, 0.15) is 0 Å². The van der Waals surface area contributed by atoms with Gasteiger partial charge in [0.15, 0.2) is 5.96 Å². The van der Waals surface area contributed by atoms with E-state index in [1.165, 1.54) is 11.1 Å². The van der Waals surface area contributed by atoms with Crippen LogP contribution in [0.2, 0.25) is 0 Å². The molecule has 0 aliphatic heterocycles. The number of guanidine groups is 1. The third-order valence-electron chi connectivity index (χ3n) is 3.56. The molecule has 0 aromatic heterocycles. The minimum atomic E-state index is 0.871. The highest BCUT2D eigenvalue weighted by atomic mass is 15.3. The number of benzene rings is 1. The fourth-order valence-corrected chi connectivity index (χ4v) is 2.02. The summed E-state index contributed by atoms with van der Waals surface area (Å²) in [4.78, 5) is 8.79. The number of aliphatic imine (C=N–C) groups is 1. The van der Waals surface area contributed by atoms with Gasteiger partial charge in [0.2, 0.25) is 0 Å². The number of likely N-dealkylation sites (N-methyl/N-ethyl adjacent to an activating group) is 1. The molecule has 0 spiro atoms. The van der Waals surface area contributed by atoms with Crippen molar-refractivity contribution in [2.45, 2.75) is 20.4 Å². The van der Waals surface area contributed by atoms with Crippen molar-refractivity contribution in [1.29, 1.82) is 0 Å². The van der Waals surface area contributed by atoms with E-state index < -0.39 is 0 Å². The molecule has 0 atom stereocenters. The zero-order valence-corrected chi connectivity index (χ0v) is 13.5. The number of hydrogen-bond donors (Lipinski definition) is 1. The molecule has 4 nitrogen and oxygen atoms in total. The summed E-state index contributed by atoms with van der Waals surface area (Å²) in [6.45, 7) is 8.19. The number of rotatable bonds is 6. The van der Waals surface area contributed by atoms with E-state index in [-0.39, 0.29) is 0 Å². The second kappa shape index (κ2) is 8.59. The lowest BCUT2D eigenvalue weighted by Gasteiger charge is -2.24. The van der Waals surface area contributed by atoms with Crippen LogP contribution in [0.15, 0.2) is 29.3 Å². The van der Waals surface area contributed by atoms with Gasteiger partial charge in [0.05, 0.1) is 0 Å². The Morgan fingerprint density at radius 3 is 2.55 bits per heavy atom. The summed E-state index contributed by atoms with van der Waals surface area (Å²) in [5, 5.41) is 3.41. The minimum absolute atomic E-state index is 0.871. The fraction of sp³-hybridized carbons (Fsp3) is 0.562. The molecule has 1 aromatic carbocycles. The van der Waals surface area contributed by atoms with Crippen molar-refractivity contribution in [3.63, 3.8) is 0 Å². The topological polar surface area (TPSA) is 30.9 Å². The predicted molar refractivity (Wildman–Crippen MR) is 87.2 cm³/mol. The van der Waals surface area contributed by atoms with Crippen LogP contribution >= 0.6 is 0 Å². The van der Waals surface area contributed by atoms with Gasteiger partial charge < -0.3 is 15.1 Å². The molecule has 0 aliphatic carbocycles. The Kier molecular flexibility index (Phi) is 7.09. The van der Waals surface area contributed by atoms with Crippen LogP contribution in [0.25, 0.3) is 0 Å². The summed E-state index contributed by atoms with van der Waals surface area (Å²) in [6.07, 6.45) is 0. The van der Waals surface area contributed by atoms with E-state index >= 15 is 0 Å². The Morgan fingerprint density at radius 1 is 1.25 bits per heavy atom.